The van der Waals surface area contributed by atoms with E-state index in [0.29, 0.717) is 0 Å². The van der Waals surface area contributed by atoms with Gasteiger partial charge in [0.15, 0.2) is 5.06 Å². The average Bonchev–Trinajstić information content (AvgIpc) is 1.65. The van der Waals surface area contributed by atoms with Crippen LogP contribution in [0.1, 0.15) is 6.92 Å². The summed E-state index contributed by atoms with van der Waals surface area (Å²) in [5.74, 6) is 0. The van der Waals surface area contributed by atoms with Crippen molar-refractivity contribution in [1.82, 2.24) is 5.32 Å². The second-order valence-electron chi connectivity index (χ2n) is 2.13. The summed E-state index contributed by atoms with van der Waals surface area (Å²) in [6.07, 6.45) is 0. The van der Waals surface area contributed by atoms with E-state index in [1.165, 1.54) is 0 Å². The SMILES string of the molecule is CC1(Cl)CNCCO1. The first-order valence-electron chi connectivity index (χ1n) is 2.74. The number of alkyl halides is 1. The predicted molar refractivity (Wildman–Crippen MR) is 33.1 cm³/mol. The van der Waals surface area contributed by atoms with Crippen LogP contribution >= 0.6 is 11.6 Å². The zero-order valence-corrected chi connectivity index (χ0v) is 5.66. The smallest absolute Gasteiger partial charge is 0.151 e. The van der Waals surface area contributed by atoms with Gasteiger partial charge in [-0.25, -0.2) is 0 Å². The van der Waals surface area contributed by atoms with Gasteiger partial charge in [0.05, 0.1) is 6.61 Å². The molecule has 1 aliphatic heterocycles. The predicted octanol–water partition coefficient (Wildman–Crippen LogP) is 0.561. The van der Waals surface area contributed by atoms with E-state index in [-0.39, 0.29) is 0 Å². The lowest BCUT2D eigenvalue weighted by atomic mass is 10.3. The summed E-state index contributed by atoms with van der Waals surface area (Å²) >= 11 is 5.79. The maximum atomic E-state index is 5.79. The van der Waals surface area contributed by atoms with Crippen molar-refractivity contribution in [3.05, 3.63) is 0 Å². The minimum absolute atomic E-state index is 0.460. The lowest BCUT2D eigenvalue weighted by molar-refractivity contribution is 0.00893. The maximum absolute atomic E-state index is 5.79. The van der Waals surface area contributed by atoms with Crippen molar-refractivity contribution in [2.75, 3.05) is 19.7 Å². The van der Waals surface area contributed by atoms with Crippen LogP contribution in [0, 0.1) is 0 Å². The van der Waals surface area contributed by atoms with Gasteiger partial charge in [-0.2, -0.15) is 0 Å². The van der Waals surface area contributed by atoms with Crippen LogP contribution in [0.2, 0.25) is 0 Å². The van der Waals surface area contributed by atoms with Gasteiger partial charge in [0.1, 0.15) is 0 Å². The van der Waals surface area contributed by atoms with E-state index >= 15 is 0 Å². The highest BCUT2D eigenvalue weighted by atomic mass is 35.5. The van der Waals surface area contributed by atoms with Crippen molar-refractivity contribution in [2.45, 2.75) is 12.0 Å². The van der Waals surface area contributed by atoms with E-state index in [1.807, 2.05) is 6.92 Å². The summed E-state index contributed by atoms with van der Waals surface area (Å²) in [6, 6.07) is 0. The highest BCUT2D eigenvalue weighted by Crippen LogP contribution is 2.16. The number of ether oxygens (including phenoxy) is 1. The first-order valence-corrected chi connectivity index (χ1v) is 3.12. The fourth-order valence-electron chi connectivity index (χ4n) is 0.699. The lowest BCUT2D eigenvalue weighted by Crippen LogP contribution is -2.43. The molecule has 0 saturated carbocycles. The third-order valence-corrected chi connectivity index (χ3v) is 1.37. The molecule has 1 atom stereocenters. The molecule has 0 aromatic carbocycles. The summed E-state index contributed by atoms with van der Waals surface area (Å²) in [6.45, 7) is 4.25. The number of hydrogen-bond donors (Lipinski definition) is 1. The molecule has 0 spiro atoms. The minimum Gasteiger partial charge on any atom is -0.357 e. The first-order chi connectivity index (χ1) is 3.71. The van der Waals surface area contributed by atoms with Gasteiger partial charge in [0, 0.05) is 13.1 Å². The molecule has 1 N–H and O–H groups in total. The summed E-state index contributed by atoms with van der Waals surface area (Å²) < 4.78 is 5.17. The van der Waals surface area contributed by atoms with Crippen molar-refractivity contribution in [3.63, 3.8) is 0 Å². The number of hydrogen-bond acceptors (Lipinski definition) is 2. The molecule has 0 bridgehead atoms. The highest BCUT2D eigenvalue weighted by molar-refractivity contribution is 6.22. The minimum atomic E-state index is -0.460. The van der Waals surface area contributed by atoms with Gasteiger partial charge >= 0.3 is 0 Å². The van der Waals surface area contributed by atoms with Gasteiger partial charge in [-0.3, -0.25) is 0 Å². The van der Waals surface area contributed by atoms with Crippen LogP contribution in [0.4, 0.5) is 0 Å². The van der Waals surface area contributed by atoms with Gasteiger partial charge in [0.2, 0.25) is 0 Å². The Kier molecular flexibility index (Phi) is 1.75. The second-order valence-corrected chi connectivity index (χ2v) is 2.93. The van der Waals surface area contributed by atoms with E-state index < -0.39 is 5.06 Å². The van der Waals surface area contributed by atoms with Gasteiger partial charge < -0.3 is 10.1 Å². The van der Waals surface area contributed by atoms with Crippen LogP contribution in [0.5, 0.6) is 0 Å². The van der Waals surface area contributed by atoms with Gasteiger partial charge in [-0.05, 0) is 6.92 Å². The van der Waals surface area contributed by atoms with Gasteiger partial charge in [-0.1, -0.05) is 11.6 Å². The summed E-state index contributed by atoms with van der Waals surface area (Å²) in [4.78, 5) is 0. The third-order valence-electron chi connectivity index (χ3n) is 1.12. The van der Waals surface area contributed by atoms with Gasteiger partial charge in [-0.15, -0.1) is 0 Å². The Hall–Kier alpha value is 0.210. The van der Waals surface area contributed by atoms with Crippen LogP contribution in [0.25, 0.3) is 0 Å². The molecule has 0 radical (unpaired) electrons. The molecule has 1 heterocycles. The van der Waals surface area contributed by atoms with Crippen molar-refractivity contribution in [2.24, 2.45) is 0 Å². The fraction of sp³-hybridized carbons (Fsp3) is 1.00. The van der Waals surface area contributed by atoms with Crippen LogP contribution in [0.15, 0.2) is 0 Å². The van der Waals surface area contributed by atoms with E-state index in [1.54, 1.807) is 0 Å². The summed E-state index contributed by atoms with van der Waals surface area (Å²) in [7, 11) is 0. The van der Waals surface area contributed by atoms with Crippen molar-refractivity contribution in [1.29, 1.82) is 0 Å². The van der Waals surface area contributed by atoms with Crippen molar-refractivity contribution >= 4 is 11.6 Å². The van der Waals surface area contributed by atoms with Gasteiger partial charge in [0.25, 0.3) is 0 Å². The zero-order chi connectivity index (χ0) is 6.04. The topological polar surface area (TPSA) is 21.3 Å². The molecule has 0 aliphatic carbocycles. The van der Waals surface area contributed by atoms with Crippen LogP contribution in [0.3, 0.4) is 0 Å². The largest absolute Gasteiger partial charge is 0.357 e. The molecule has 0 amide bonds. The number of halogens is 1. The zero-order valence-electron chi connectivity index (χ0n) is 4.91. The van der Waals surface area contributed by atoms with E-state index in [9.17, 15) is 0 Å². The van der Waals surface area contributed by atoms with E-state index in [2.05, 4.69) is 5.32 Å². The molecular weight excluding hydrogens is 126 g/mol. The third kappa shape index (κ3) is 1.62. The van der Waals surface area contributed by atoms with Crippen LogP contribution < -0.4 is 5.32 Å². The molecule has 1 saturated heterocycles. The number of nitrogens with one attached hydrogen (secondary N) is 1. The first kappa shape index (κ1) is 6.33. The molecule has 2 nitrogen and oxygen atoms in total. The molecule has 1 fully saturated rings. The number of morpholine rings is 1. The Morgan fingerprint density at radius 2 is 2.50 bits per heavy atom. The van der Waals surface area contributed by atoms with E-state index in [0.717, 1.165) is 19.7 Å². The highest BCUT2D eigenvalue weighted by Gasteiger charge is 2.23. The van der Waals surface area contributed by atoms with Crippen molar-refractivity contribution < 1.29 is 4.74 Å². The Labute approximate surface area is 54.2 Å². The molecule has 8 heavy (non-hydrogen) atoms. The molecule has 1 aliphatic rings. The van der Waals surface area contributed by atoms with E-state index in [4.69, 9.17) is 16.3 Å². The molecule has 1 unspecified atom stereocenters. The quantitative estimate of drug-likeness (QED) is 0.490. The lowest BCUT2D eigenvalue weighted by Gasteiger charge is -2.27. The maximum Gasteiger partial charge on any atom is 0.151 e. The molecule has 0 aromatic rings. The van der Waals surface area contributed by atoms with Crippen LogP contribution in [-0.4, -0.2) is 24.8 Å². The second kappa shape index (κ2) is 2.21. The molecule has 0 aromatic heterocycles. The normalized spacial score (nSPS) is 39.8. The average molecular weight is 136 g/mol. The van der Waals surface area contributed by atoms with Crippen LogP contribution in [-0.2, 0) is 4.74 Å². The number of rotatable bonds is 0. The van der Waals surface area contributed by atoms with Crippen molar-refractivity contribution in [3.8, 4) is 0 Å². The Bertz CT molecular complexity index is 76.5. The summed E-state index contributed by atoms with van der Waals surface area (Å²) in [5, 5.41) is 2.66. The molecule has 1 rings (SSSR count). The summed E-state index contributed by atoms with van der Waals surface area (Å²) in [5.41, 5.74) is 0. The Morgan fingerprint density at radius 3 is 2.75 bits per heavy atom. The molecule has 3 heteroatoms. The Balaban J connectivity index is 2.33. The molecular formula is C5H10ClNO. The standard InChI is InChI=1S/C5H10ClNO/c1-5(6)4-7-2-3-8-5/h7H,2-4H2,1H3. The Morgan fingerprint density at radius 1 is 1.75 bits per heavy atom. The molecule has 48 valence electrons. The monoisotopic (exact) mass is 135 g/mol. The fourth-order valence-corrected chi connectivity index (χ4v) is 0.870.